The zero-order chi connectivity index (χ0) is 19.4. The van der Waals surface area contributed by atoms with E-state index < -0.39 is 53.7 Å². The van der Waals surface area contributed by atoms with Crippen LogP contribution in [0.4, 0.5) is 0 Å². The van der Waals surface area contributed by atoms with Gasteiger partial charge in [0.05, 0.1) is 6.10 Å². The van der Waals surface area contributed by atoms with Crippen LogP contribution < -0.4 is 0 Å². The number of hydrogen-bond acceptors (Lipinski definition) is 7. The second-order valence-electron chi connectivity index (χ2n) is 7.60. The summed E-state index contributed by atoms with van der Waals surface area (Å²) in [6.07, 6.45) is -2.35. The van der Waals surface area contributed by atoms with Crippen LogP contribution in [0.5, 0.6) is 0 Å². The van der Waals surface area contributed by atoms with E-state index >= 15 is 0 Å². The average Bonchev–Trinajstić information content (AvgIpc) is 2.79. The average molecular weight is 364 g/mol. The molecule has 3 aliphatic rings. The van der Waals surface area contributed by atoms with Gasteiger partial charge in [-0.3, -0.25) is 9.59 Å². The Balaban J connectivity index is 2.05. The van der Waals surface area contributed by atoms with E-state index in [1.807, 2.05) is 0 Å². The van der Waals surface area contributed by atoms with E-state index in [0.29, 0.717) is 17.6 Å². The van der Waals surface area contributed by atoms with Gasteiger partial charge in [0.2, 0.25) is 0 Å². The number of aliphatic hydroxyl groups is 1. The van der Waals surface area contributed by atoms with Crippen LogP contribution in [0, 0.1) is 17.3 Å². The van der Waals surface area contributed by atoms with Gasteiger partial charge in [0.15, 0.2) is 0 Å². The normalized spacial score (nSPS) is 41.8. The van der Waals surface area contributed by atoms with Gasteiger partial charge in [-0.25, -0.2) is 4.79 Å². The van der Waals surface area contributed by atoms with Crippen molar-refractivity contribution in [1.82, 2.24) is 0 Å². The van der Waals surface area contributed by atoms with Gasteiger partial charge in [0, 0.05) is 43.1 Å². The molecule has 0 aromatic carbocycles. The van der Waals surface area contributed by atoms with Crippen LogP contribution >= 0.6 is 0 Å². The van der Waals surface area contributed by atoms with Crippen LogP contribution in [0.15, 0.2) is 24.3 Å². The van der Waals surface area contributed by atoms with Crippen LogP contribution in [0.3, 0.4) is 0 Å². The third kappa shape index (κ3) is 2.65. The summed E-state index contributed by atoms with van der Waals surface area (Å²) in [5.41, 5.74) is -0.0284. The second kappa shape index (κ2) is 6.23. The summed E-state index contributed by atoms with van der Waals surface area (Å²) in [7, 11) is 0. The number of esters is 3. The summed E-state index contributed by atoms with van der Waals surface area (Å²) in [6, 6.07) is 0. The van der Waals surface area contributed by atoms with Gasteiger partial charge in [-0.15, -0.1) is 0 Å². The highest BCUT2D eigenvalue weighted by Crippen LogP contribution is 2.58. The van der Waals surface area contributed by atoms with Crippen LogP contribution in [0.25, 0.3) is 0 Å². The molecule has 0 aromatic rings. The van der Waals surface area contributed by atoms with Crippen molar-refractivity contribution in [3.05, 3.63) is 24.3 Å². The fraction of sp³-hybridized carbons (Fsp3) is 0.632. The van der Waals surface area contributed by atoms with E-state index in [2.05, 4.69) is 13.2 Å². The summed E-state index contributed by atoms with van der Waals surface area (Å²) in [4.78, 5) is 35.2. The molecule has 0 radical (unpaired) electrons. The number of carbonyl (C=O) groups is 3. The van der Waals surface area contributed by atoms with Crippen LogP contribution in [-0.4, -0.2) is 47.4 Å². The molecule has 3 fully saturated rings. The molecule has 0 spiro atoms. The third-order valence-corrected chi connectivity index (χ3v) is 6.09. The maximum absolute atomic E-state index is 12.1. The lowest BCUT2D eigenvalue weighted by atomic mass is 9.52. The van der Waals surface area contributed by atoms with E-state index in [-0.39, 0.29) is 12.3 Å². The van der Waals surface area contributed by atoms with Crippen LogP contribution in [0.1, 0.15) is 33.6 Å². The number of rotatable bonds is 2. The van der Waals surface area contributed by atoms with E-state index in [1.54, 1.807) is 6.92 Å². The molecule has 0 bridgehead atoms. The highest BCUT2D eigenvalue weighted by Gasteiger charge is 2.65. The Kier molecular flexibility index (Phi) is 4.46. The first-order chi connectivity index (χ1) is 12.1. The second-order valence-corrected chi connectivity index (χ2v) is 7.60. The molecule has 2 saturated carbocycles. The van der Waals surface area contributed by atoms with Crippen LogP contribution in [0.2, 0.25) is 0 Å². The highest BCUT2D eigenvalue weighted by molar-refractivity contribution is 5.91. The van der Waals surface area contributed by atoms with Crippen molar-refractivity contribution in [1.29, 1.82) is 0 Å². The molecule has 0 aromatic heterocycles. The molecule has 142 valence electrons. The third-order valence-electron chi connectivity index (χ3n) is 6.09. The molecule has 26 heavy (non-hydrogen) atoms. The first kappa shape index (κ1) is 18.6. The van der Waals surface area contributed by atoms with Crippen molar-refractivity contribution in [2.24, 2.45) is 17.3 Å². The van der Waals surface area contributed by atoms with Crippen molar-refractivity contribution >= 4 is 17.9 Å². The van der Waals surface area contributed by atoms with Gasteiger partial charge in [-0.2, -0.15) is 0 Å². The lowest BCUT2D eigenvalue weighted by Gasteiger charge is -2.56. The number of hydrogen-bond donors (Lipinski definition) is 1. The van der Waals surface area contributed by atoms with Crippen LogP contribution in [-0.2, 0) is 28.6 Å². The maximum Gasteiger partial charge on any atom is 0.334 e. The Hall–Kier alpha value is -2.15. The van der Waals surface area contributed by atoms with Gasteiger partial charge in [0.25, 0.3) is 0 Å². The number of fused-ring (bicyclic) bond motifs is 3. The molecule has 0 amide bonds. The minimum Gasteiger partial charge on any atom is -0.462 e. The lowest BCUT2D eigenvalue weighted by Crippen LogP contribution is -2.63. The van der Waals surface area contributed by atoms with Gasteiger partial charge < -0.3 is 19.3 Å². The first-order valence-electron chi connectivity index (χ1n) is 8.68. The van der Waals surface area contributed by atoms with Gasteiger partial charge in [-0.1, -0.05) is 20.1 Å². The summed E-state index contributed by atoms with van der Waals surface area (Å²) < 4.78 is 16.4. The van der Waals surface area contributed by atoms with Gasteiger partial charge in [-0.05, 0) is 12.0 Å². The molecule has 2 aliphatic carbocycles. The van der Waals surface area contributed by atoms with Crippen molar-refractivity contribution in [2.45, 2.75) is 58.0 Å². The molecule has 1 N–H and O–H groups in total. The van der Waals surface area contributed by atoms with Gasteiger partial charge >= 0.3 is 17.9 Å². The zero-order valence-electron chi connectivity index (χ0n) is 15.2. The molecule has 1 aliphatic heterocycles. The Morgan fingerprint density at radius 2 is 1.81 bits per heavy atom. The fourth-order valence-electron chi connectivity index (χ4n) is 4.79. The summed E-state index contributed by atoms with van der Waals surface area (Å²) in [6.45, 7) is 12.3. The zero-order valence-corrected chi connectivity index (χ0v) is 15.2. The van der Waals surface area contributed by atoms with E-state index in [0.717, 1.165) is 0 Å². The standard InChI is InChI=1S/C19H24O7/c1-8-12-6-15(25-11(4)21)19(5)14(22)7-13(24-10(3)20)9(2)16(19)17(12)26-18(8)23/h12-17,22H,1-2,6-7H2,3-5H3. The monoisotopic (exact) mass is 364 g/mol. The molecular weight excluding hydrogens is 340 g/mol. The minimum atomic E-state index is -0.930. The molecule has 1 heterocycles. The van der Waals surface area contributed by atoms with E-state index in [1.165, 1.54) is 13.8 Å². The Morgan fingerprint density at radius 3 is 2.38 bits per heavy atom. The minimum absolute atomic E-state index is 0.148. The first-order valence-corrected chi connectivity index (χ1v) is 8.68. The predicted molar refractivity (Wildman–Crippen MR) is 89.6 cm³/mol. The molecule has 3 rings (SSSR count). The summed E-state index contributed by atoms with van der Waals surface area (Å²) in [5.74, 6) is -2.32. The molecular formula is C19H24O7. The smallest absolute Gasteiger partial charge is 0.334 e. The van der Waals surface area contributed by atoms with Crippen molar-refractivity contribution in [3.8, 4) is 0 Å². The van der Waals surface area contributed by atoms with E-state index in [9.17, 15) is 19.5 Å². The lowest BCUT2D eigenvalue weighted by molar-refractivity contribution is -0.204. The number of carbonyl (C=O) groups excluding carboxylic acids is 3. The quantitative estimate of drug-likeness (QED) is 0.341. The largest absolute Gasteiger partial charge is 0.462 e. The Labute approximate surface area is 152 Å². The summed E-state index contributed by atoms with van der Waals surface area (Å²) in [5, 5.41) is 10.9. The molecule has 7 atom stereocenters. The molecule has 1 saturated heterocycles. The molecule has 7 unspecified atom stereocenters. The van der Waals surface area contributed by atoms with Crippen molar-refractivity contribution < 1.29 is 33.7 Å². The van der Waals surface area contributed by atoms with E-state index in [4.69, 9.17) is 14.2 Å². The topological polar surface area (TPSA) is 99.1 Å². The van der Waals surface area contributed by atoms with Gasteiger partial charge in [0.1, 0.15) is 18.3 Å². The SMILES string of the molecule is C=C1C(=O)OC2C1CC(OC(C)=O)C1(C)C(O)CC(OC(C)=O)C(=C)C21. The Morgan fingerprint density at radius 1 is 1.19 bits per heavy atom. The highest BCUT2D eigenvalue weighted by atomic mass is 16.6. The van der Waals surface area contributed by atoms with Crippen molar-refractivity contribution in [2.75, 3.05) is 0 Å². The Bertz CT molecular complexity index is 696. The number of aliphatic hydroxyl groups excluding tert-OH is 1. The maximum atomic E-state index is 12.1. The fourth-order valence-corrected chi connectivity index (χ4v) is 4.79. The predicted octanol–water partition coefficient (Wildman–Crippen LogP) is 1.29. The molecule has 7 nitrogen and oxygen atoms in total. The molecule has 7 heteroatoms. The summed E-state index contributed by atoms with van der Waals surface area (Å²) >= 11 is 0. The number of ether oxygens (including phenoxy) is 3. The van der Waals surface area contributed by atoms with Crippen molar-refractivity contribution in [3.63, 3.8) is 0 Å².